The number of carboxylic acids is 2. The number of unbranched alkanes of at least 4 members (excludes halogenated alkanes) is 13. The average Bonchev–Trinajstić information content (AvgIpc) is 2.82. The van der Waals surface area contributed by atoms with Gasteiger partial charge in [-0.15, -0.1) is 0 Å². The molecule has 7 nitrogen and oxygen atoms in total. The number of aliphatic carboxylic acids is 2. The Balaban J connectivity index is 4.56. The Morgan fingerprint density at radius 1 is 0.722 bits per heavy atom. The molecule has 0 heterocycles. The molecule has 0 aliphatic carbocycles. The topological polar surface area (TPSA) is 116 Å². The lowest BCUT2D eigenvalue weighted by atomic mass is 9.81. The van der Waals surface area contributed by atoms with Crippen LogP contribution in [0.25, 0.3) is 0 Å². The van der Waals surface area contributed by atoms with Crippen LogP contribution in [-0.2, 0) is 14.4 Å². The van der Waals surface area contributed by atoms with Crippen molar-refractivity contribution in [2.24, 2.45) is 11.3 Å². The second-order valence-electron chi connectivity index (χ2n) is 10.8. The molecule has 0 spiro atoms. The van der Waals surface area contributed by atoms with Gasteiger partial charge in [-0.1, -0.05) is 104 Å². The van der Waals surface area contributed by atoms with Crippen molar-refractivity contribution in [3.63, 3.8) is 0 Å². The molecule has 0 aliphatic heterocycles. The zero-order valence-corrected chi connectivity index (χ0v) is 23.5. The fraction of sp³-hybridized carbons (Fsp3) is 0.897. The number of nitrogens with one attached hydrogen (secondary N) is 2. The van der Waals surface area contributed by atoms with Crippen LogP contribution in [0.15, 0.2) is 0 Å². The van der Waals surface area contributed by atoms with Crippen LogP contribution in [0.2, 0.25) is 0 Å². The van der Waals surface area contributed by atoms with Gasteiger partial charge in [0.05, 0.1) is 0 Å². The summed E-state index contributed by atoms with van der Waals surface area (Å²) in [6.45, 7) is 7.74. The molecular formula is C29H56N2O5. The van der Waals surface area contributed by atoms with Crippen LogP contribution >= 0.6 is 0 Å². The Morgan fingerprint density at radius 2 is 1.25 bits per heavy atom. The van der Waals surface area contributed by atoms with Gasteiger partial charge in [0.1, 0.15) is 0 Å². The molecule has 1 amide bonds. The zero-order valence-electron chi connectivity index (χ0n) is 23.5. The highest BCUT2D eigenvalue weighted by Gasteiger charge is 2.45. The van der Waals surface area contributed by atoms with Crippen LogP contribution in [0.3, 0.4) is 0 Å². The van der Waals surface area contributed by atoms with Gasteiger partial charge in [0.25, 0.3) is 0 Å². The zero-order chi connectivity index (χ0) is 27.1. The summed E-state index contributed by atoms with van der Waals surface area (Å²) in [6, 6.07) is 0. The summed E-state index contributed by atoms with van der Waals surface area (Å²) in [5, 5.41) is 25.0. The molecule has 0 fully saturated rings. The van der Waals surface area contributed by atoms with Crippen LogP contribution in [0.4, 0.5) is 0 Å². The van der Waals surface area contributed by atoms with Crippen molar-refractivity contribution in [3.8, 4) is 0 Å². The number of carbonyl (C=O) groups is 3. The Morgan fingerprint density at radius 3 is 1.78 bits per heavy atom. The van der Waals surface area contributed by atoms with E-state index in [1.54, 1.807) is 0 Å². The van der Waals surface area contributed by atoms with Gasteiger partial charge in [-0.2, -0.15) is 0 Å². The van der Waals surface area contributed by atoms with Crippen LogP contribution in [0.1, 0.15) is 136 Å². The molecule has 1 atom stereocenters. The van der Waals surface area contributed by atoms with Gasteiger partial charge in [-0.25, -0.2) is 0 Å². The molecule has 4 N–H and O–H groups in total. The minimum Gasteiger partial charge on any atom is -0.481 e. The van der Waals surface area contributed by atoms with Crippen molar-refractivity contribution in [1.29, 1.82) is 0 Å². The predicted octanol–water partition coefficient (Wildman–Crippen LogP) is 6.55. The lowest BCUT2D eigenvalue weighted by molar-refractivity contribution is -0.156. The van der Waals surface area contributed by atoms with E-state index < -0.39 is 17.4 Å². The van der Waals surface area contributed by atoms with Gasteiger partial charge in [0, 0.05) is 19.5 Å². The maximum atomic E-state index is 13.1. The number of hydrogen-bond acceptors (Lipinski definition) is 4. The second kappa shape index (κ2) is 22.6. The SMILES string of the molecule is CCCCCCCCCCCC(CNCCCCCCCCC(=O)O)(C(=O)O)C(=O)NCCC(C)C. The number of hydrogen-bond donors (Lipinski definition) is 4. The minimum atomic E-state index is -1.42. The standard InChI is InChI=1S/C29H56N2O5/c1-4-5-6-7-8-9-11-14-17-21-29(28(35)36,27(34)31-23-20-25(2)3)24-30-22-18-15-12-10-13-16-19-26(32)33/h25,30H,4-24H2,1-3H3,(H,31,34)(H,32,33)(H,35,36). The van der Waals surface area contributed by atoms with Gasteiger partial charge in [0.15, 0.2) is 5.41 Å². The molecule has 0 aromatic heterocycles. The summed E-state index contributed by atoms with van der Waals surface area (Å²) in [5.41, 5.74) is -1.42. The highest BCUT2D eigenvalue weighted by Crippen LogP contribution is 2.27. The minimum absolute atomic E-state index is 0.158. The van der Waals surface area contributed by atoms with Gasteiger partial charge in [-0.3, -0.25) is 14.4 Å². The fourth-order valence-electron chi connectivity index (χ4n) is 4.48. The van der Waals surface area contributed by atoms with E-state index >= 15 is 0 Å². The van der Waals surface area contributed by atoms with Gasteiger partial charge in [0.2, 0.25) is 5.91 Å². The van der Waals surface area contributed by atoms with E-state index in [9.17, 15) is 19.5 Å². The summed E-state index contributed by atoms with van der Waals surface area (Å²) < 4.78 is 0. The molecule has 7 heteroatoms. The Hall–Kier alpha value is -1.63. The smallest absolute Gasteiger partial charge is 0.320 e. The second-order valence-corrected chi connectivity index (χ2v) is 10.8. The third kappa shape index (κ3) is 17.7. The highest BCUT2D eigenvalue weighted by molar-refractivity contribution is 6.02. The van der Waals surface area contributed by atoms with Crippen molar-refractivity contribution in [1.82, 2.24) is 10.6 Å². The first-order chi connectivity index (χ1) is 17.3. The van der Waals surface area contributed by atoms with Crippen LogP contribution in [0.5, 0.6) is 0 Å². The number of amides is 1. The van der Waals surface area contributed by atoms with Crippen LogP contribution in [-0.4, -0.2) is 47.7 Å². The van der Waals surface area contributed by atoms with E-state index in [0.29, 0.717) is 25.4 Å². The first-order valence-corrected chi connectivity index (χ1v) is 14.7. The van der Waals surface area contributed by atoms with E-state index in [2.05, 4.69) is 31.4 Å². The van der Waals surface area contributed by atoms with E-state index in [0.717, 1.165) is 64.2 Å². The molecule has 0 aromatic carbocycles. The van der Waals surface area contributed by atoms with Crippen molar-refractivity contribution in [3.05, 3.63) is 0 Å². The van der Waals surface area contributed by atoms with Crippen molar-refractivity contribution in [2.45, 2.75) is 136 Å². The largest absolute Gasteiger partial charge is 0.481 e. The molecule has 0 aliphatic rings. The summed E-state index contributed by atoms with van der Waals surface area (Å²) in [4.78, 5) is 36.0. The lowest BCUT2D eigenvalue weighted by Gasteiger charge is -2.29. The van der Waals surface area contributed by atoms with Crippen molar-refractivity contribution >= 4 is 17.8 Å². The van der Waals surface area contributed by atoms with Gasteiger partial charge in [-0.05, 0) is 38.1 Å². The summed E-state index contributed by atoms with van der Waals surface area (Å²) >= 11 is 0. The number of rotatable bonds is 26. The average molecular weight is 513 g/mol. The number of carboxylic acid groups (broad SMARTS) is 2. The third-order valence-corrected chi connectivity index (χ3v) is 6.98. The van der Waals surface area contributed by atoms with Gasteiger partial charge < -0.3 is 20.8 Å². The molecule has 36 heavy (non-hydrogen) atoms. The Kier molecular flexibility index (Phi) is 21.5. The maximum absolute atomic E-state index is 13.1. The molecule has 0 saturated carbocycles. The van der Waals surface area contributed by atoms with Gasteiger partial charge >= 0.3 is 11.9 Å². The molecule has 0 aromatic rings. The number of carbonyl (C=O) groups excluding carboxylic acids is 1. The fourth-order valence-corrected chi connectivity index (χ4v) is 4.48. The summed E-state index contributed by atoms with van der Waals surface area (Å²) in [6.07, 6.45) is 17.4. The molecule has 0 rings (SSSR count). The molecular weight excluding hydrogens is 456 g/mol. The van der Waals surface area contributed by atoms with E-state index in [4.69, 9.17) is 5.11 Å². The molecule has 0 radical (unpaired) electrons. The lowest BCUT2D eigenvalue weighted by Crippen LogP contribution is -2.52. The maximum Gasteiger partial charge on any atom is 0.320 e. The molecule has 1 unspecified atom stereocenters. The first kappa shape index (κ1) is 34.4. The Bertz CT molecular complexity index is 582. The van der Waals surface area contributed by atoms with Crippen LogP contribution < -0.4 is 10.6 Å². The summed E-state index contributed by atoms with van der Waals surface area (Å²) in [5.74, 6) is -1.68. The monoisotopic (exact) mass is 512 g/mol. The van der Waals surface area contributed by atoms with Crippen molar-refractivity contribution in [2.75, 3.05) is 19.6 Å². The van der Waals surface area contributed by atoms with Crippen molar-refractivity contribution < 1.29 is 24.6 Å². The highest BCUT2D eigenvalue weighted by atomic mass is 16.4. The molecule has 0 saturated heterocycles. The molecule has 212 valence electrons. The van der Waals surface area contributed by atoms with E-state index in [1.807, 2.05) is 0 Å². The predicted molar refractivity (Wildman–Crippen MR) is 147 cm³/mol. The summed E-state index contributed by atoms with van der Waals surface area (Å²) in [7, 11) is 0. The Labute approximate surface area is 220 Å². The first-order valence-electron chi connectivity index (χ1n) is 14.7. The third-order valence-electron chi connectivity index (χ3n) is 6.98. The normalized spacial score (nSPS) is 13.0. The van der Waals surface area contributed by atoms with E-state index in [-0.39, 0.29) is 18.9 Å². The van der Waals surface area contributed by atoms with E-state index in [1.165, 1.54) is 38.5 Å². The van der Waals surface area contributed by atoms with Crippen LogP contribution in [0, 0.1) is 11.3 Å². The quantitative estimate of drug-likeness (QED) is 0.0772. The molecule has 0 bridgehead atoms.